The number of aliphatic hydroxyl groups is 1. The standard InChI is InChI=1S/C14H22N2O/c1-11-6-5-7-12(15-11)10-16(2)13-8-3-4-9-14(13)17/h5-7,13-14,17H,3-4,8-10H2,1-2H3/t13-,14-/m1/s1. The number of aliphatic hydroxyl groups excluding tert-OH is 1. The van der Waals surface area contributed by atoms with E-state index in [9.17, 15) is 5.11 Å². The highest BCUT2D eigenvalue weighted by Crippen LogP contribution is 2.23. The fraction of sp³-hybridized carbons (Fsp3) is 0.643. The molecule has 1 aromatic rings. The average Bonchev–Trinajstić information content (AvgIpc) is 2.29. The highest BCUT2D eigenvalue weighted by atomic mass is 16.3. The number of aromatic nitrogens is 1. The number of nitrogens with zero attached hydrogens (tertiary/aromatic N) is 2. The van der Waals surface area contributed by atoms with Crippen molar-refractivity contribution in [2.75, 3.05) is 7.05 Å². The molecule has 2 atom stereocenters. The molecular formula is C14H22N2O. The average molecular weight is 234 g/mol. The molecule has 1 aromatic heterocycles. The van der Waals surface area contributed by atoms with Crippen molar-refractivity contribution in [3.05, 3.63) is 29.6 Å². The highest BCUT2D eigenvalue weighted by molar-refractivity contribution is 5.10. The quantitative estimate of drug-likeness (QED) is 0.870. The molecule has 3 nitrogen and oxygen atoms in total. The SMILES string of the molecule is Cc1cccc(CN(C)[C@@H]2CCCC[C@H]2O)n1. The van der Waals surface area contributed by atoms with Crippen LogP contribution in [0.4, 0.5) is 0 Å². The van der Waals surface area contributed by atoms with Gasteiger partial charge in [-0.15, -0.1) is 0 Å². The second-order valence-corrected chi connectivity index (χ2v) is 5.10. The first-order chi connectivity index (χ1) is 8.16. The molecule has 1 fully saturated rings. The molecule has 0 radical (unpaired) electrons. The van der Waals surface area contributed by atoms with E-state index in [2.05, 4.69) is 23.0 Å². The van der Waals surface area contributed by atoms with Gasteiger partial charge in [-0.1, -0.05) is 18.9 Å². The number of hydrogen-bond acceptors (Lipinski definition) is 3. The van der Waals surface area contributed by atoms with Gasteiger partial charge >= 0.3 is 0 Å². The zero-order valence-electron chi connectivity index (χ0n) is 10.8. The van der Waals surface area contributed by atoms with Crippen LogP contribution in [0.2, 0.25) is 0 Å². The van der Waals surface area contributed by atoms with Crippen molar-refractivity contribution in [3.8, 4) is 0 Å². The molecular weight excluding hydrogens is 212 g/mol. The largest absolute Gasteiger partial charge is 0.391 e. The minimum atomic E-state index is -0.168. The van der Waals surface area contributed by atoms with Gasteiger partial charge in [0.25, 0.3) is 0 Å². The molecule has 0 aliphatic heterocycles. The molecule has 1 aliphatic carbocycles. The molecule has 0 unspecified atom stereocenters. The lowest BCUT2D eigenvalue weighted by molar-refractivity contribution is 0.0283. The van der Waals surface area contributed by atoms with Gasteiger partial charge in [0.15, 0.2) is 0 Å². The Morgan fingerprint density at radius 3 is 2.82 bits per heavy atom. The highest BCUT2D eigenvalue weighted by Gasteiger charge is 2.26. The Labute approximate surface area is 103 Å². The fourth-order valence-corrected chi connectivity index (χ4v) is 2.67. The summed E-state index contributed by atoms with van der Waals surface area (Å²) in [7, 11) is 2.09. The molecule has 1 heterocycles. The van der Waals surface area contributed by atoms with Crippen LogP contribution >= 0.6 is 0 Å². The lowest BCUT2D eigenvalue weighted by Crippen LogP contribution is -2.43. The van der Waals surface area contributed by atoms with E-state index in [0.29, 0.717) is 6.04 Å². The molecule has 0 bridgehead atoms. The third-order valence-electron chi connectivity index (χ3n) is 3.62. The molecule has 1 aliphatic rings. The summed E-state index contributed by atoms with van der Waals surface area (Å²) in [6.07, 6.45) is 4.26. The summed E-state index contributed by atoms with van der Waals surface area (Å²) < 4.78 is 0. The number of rotatable bonds is 3. The first kappa shape index (κ1) is 12.5. The molecule has 0 aromatic carbocycles. The summed E-state index contributed by atoms with van der Waals surface area (Å²) in [6, 6.07) is 6.41. The topological polar surface area (TPSA) is 36.4 Å². The third kappa shape index (κ3) is 3.27. The van der Waals surface area contributed by atoms with E-state index in [0.717, 1.165) is 37.2 Å². The van der Waals surface area contributed by atoms with E-state index >= 15 is 0 Å². The maximum atomic E-state index is 10.0. The molecule has 0 saturated heterocycles. The van der Waals surface area contributed by atoms with Gasteiger partial charge in [0.1, 0.15) is 0 Å². The van der Waals surface area contributed by atoms with Gasteiger partial charge < -0.3 is 5.11 Å². The number of likely N-dealkylation sites (N-methyl/N-ethyl adjacent to an activating group) is 1. The van der Waals surface area contributed by atoms with Crippen LogP contribution in [-0.4, -0.2) is 34.2 Å². The lowest BCUT2D eigenvalue weighted by Gasteiger charge is -2.35. The molecule has 3 heteroatoms. The van der Waals surface area contributed by atoms with Crippen molar-refractivity contribution < 1.29 is 5.11 Å². The van der Waals surface area contributed by atoms with Crippen molar-refractivity contribution >= 4 is 0 Å². The monoisotopic (exact) mass is 234 g/mol. The summed E-state index contributed by atoms with van der Waals surface area (Å²) in [5.41, 5.74) is 2.14. The van der Waals surface area contributed by atoms with Gasteiger partial charge in [-0.25, -0.2) is 0 Å². The predicted octanol–water partition coefficient (Wildman–Crippen LogP) is 2.13. The van der Waals surface area contributed by atoms with E-state index < -0.39 is 0 Å². The summed E-state index contributed by atoms with van der Waals surface area (Å²) in [5.74, 6) is 0. The fourth-order valence-electron chi connectivity index (χ4n) is 2.67. The van der Waals surface area contributed by atoms with E-state index in [1.807, 2.05) is 19.1 Å². The maximum absolute atomic E-state index is 10.0. The van der Waals surface area contributed by atoms with Crippen LogP contribution in [0.5, 0.6) is 0 Å². The van der Waals surface area contributed by atoms with Crippen molar-refractivity contribution in [3.63, 3.8) is 0 Å². The van der Waals surface area contributed by atoms with Crippen LogP contribution in [0, 0.1) is 6.92 Å². The van der Waals surface area contributed by atoms with E-state index in [1.165, 1.54) is 6.42 Å². The predicted molar refractivity (Wildman–Crippen MR) is 68.7 cm³/mol. The van der Waals surface area contributed by atoms with Gasteiger partial charge in [0, 0.05) is 18.3 Å². The molecule has 2 rings (SSSR count). The minimum Gasteiger partial charge on any atom is -0.391 e. The summed E-state index contributed by atoms with van der Waals surface area (Å²) in [5, 5.41) is 10.0. The van der Waals surface area contributed by atoms with Gasteiger partial charge in [0.2, 0.25) is 0 Å². The molecule has 1 N–H and O–H groups in total. The lowest BCUT2D eigenvalue weighted by atomic mass is 9.91. The zero-order chi connectivity index (χ0) is 12.3. The Morgan fingerprint density at radius 1 is 1.35 bits per heavy atom. The van der Waals surface area contributed by atoms with Crippen LogP contribution in [0.3, 0.4) is 0 Å². The Bertz CT molecular complexity index is 367. The van der Waals surface area contributed by atoms with Crippen LogP contribution in [-0.2, 0) is 6.54 Å². The number of aryl methyl sites for hydroxylation is 1. The van der Waals surface area contributed by atoms with E-state index in [1.54, 1.807) is 0 Å². The smallest absolute Gasteiger partial charge is 0.0695 e. The van der Waals surface area contributed by atoms with Crippen molar-refractivity contribution in [2.45, 2.75) is 51.3 Å². The normalized spacial score (nSPS) is 25.2. The number of pyridine rings is 1. The first-order valence-corrected chi connectivity index (χ1v) is 6.47. The Morgan fingerprint density at radius 2 is 2.12 bits per heavy atom. The van der Waals surface area contributed by atoms with E-state index in [4.69, 9.17) is 0 Å². The Balaban J connectivity index is 1.98. The molecule has 0 spiro atoms. The molecule has 17 heavy (non-hydrogen) atoms. The molecule has 1 saturated carbocycles. The van der Waals surface area contributed by atoms with Gasteiger partial charge in [0.05, 0.1) is 11.8 Å². The van der Waals surface area contributed by atoms with Crippen molar-refractivity contribution in [2.24, 2.45) is 0 Å². The summed E-state index contributed by atoms with van der Waals surface area (Å²) in [6.45, 7) is 2.84. The van der Waals surface area contributed by atoms with Gasteiger partial charge in [-0.3, -0.25) is 9.88 Å². The zero-order valence-corrected chi connectivity index (χ0v) is 10.8. The second kappa shape index (κ2) is 5.61. The van der Waals surface area contributed by atoms with Gasteiger partial charge in [-0.2, -0.15) is 0 Å². The van der Waals surface area contributed by atoms with E-state index in [-0.39, 0.29) is 6.10 Å². The summed E-state index contributed by atoms with van der Waals surface area (Å²) in [4.78, 5) is 6.75. The van der Waals surface area contributed by atoms with Crippen LogP contribution in [0.25, 0.3) is 0 Å². The number of hydrogen-bond donors (Lipinski definition) is 1. The minimum absolute atomic E-state index is 0.168. The van der Waals surface area contributed by atoms with Crippen molar-refractivity contribution in [1.29, 1.82) is 0 Å². The summed E-state index contributed by atoms with van der Waals surface area (Å²) >= 11 is 0. The maximum Gasteiger partial charge on any atom is 0.0695 e. The van der Waals surface area contributed by atoms with Gasteiger partial charge in [-0.05, 0) is 38.9 Å². The van der Waals surface area contributed by atoms with Crippen LogP contribution < -0.4 is 0 Å². The molecule has 94 valence electrons. The molecule has 0 amide bonds. The van der Waals surface area contributed by atoms with Crippen LogP contribution in [0.15, 0.2) is 18.2 Å². The second-order valence-electron chi connectivity index (χ2n) is 5.10. The Kier molecular flexibility index (Phi) is 4.13. The van der Waals surface area contributed by atoms with Crippen LogP contribution in [0.1, 0.15) is 37.1 Å². The third-order valence-corrected chi connectivity index (χ3v) is 3.62. The first-order valence-electron chi connectivity index (χ1n) is 6.47. The van der Waals surface area contributed by atoms with Crippen molar-refractivity contribution in [1.82, 2.24) is 9.88 Å². The Hall–Kier alpha value is -0.930.